The van der Waals surface area contributed by atoms with Gasteiger partial charge >= 0.3 is 0 Å². The SMILES string of the molecule is Cc1nn(C)c(C)c1Cc1ccc(NC(=O)C[C@H]2NC(=O)c3ccccc32)cc1. The largest absolute Gasteiger partial charge is 0.345 e. The van der Waals surface area contributed by atoms with E-state index in [1.165, 1.54) is 16.8 Å². The van der Waals surface area contributed by atoms with Crippen LogP contribution >= 0.6 is 0 Å². The third-order valence-electron chi connectivity index (χ3n) is 5.55. The molecule has 0 aliphatic carbocycles. The van der Waals surface area contributed by atoms with Crippen LogP contribution in [0.5, 0.6) is 0 Å². The van der Waals surface area contributed by atoms with E-state index in [-0.39, 0.29) is 24.3 Å². The van der Waals surface area contributed by atoms with Crippen LogP contribution in [-0.2, 0) is 18.3 Å². The maximum Gasteiger partial charge on any atom is 0.252 e. The highest BCUT2D eigenvalue weighted by molar-refractivity contribution is 6.00. The lowest BCUT2D eigenvalue weighted by molar-refractivity contribution is -0.116. The second kappa shape index (κ2) is 7.54. The fraction of sp³-hybridized carbons (Fsp3) is 0.261. The van der Waals surface area contributed by atoms with Gasteiger partial charge in [0.1, 0.15) is 0 Å². The lowest BCUT2D eigenvalue weighted by Crippen LogP contribution is -2.24. The van der Waals surface area contributed by atoms with Gasteiger partial charge in [-0.15, -0.1) is 0 Å². The quantitative estimate of drug-likeness (QED) is 0.703. The van der Waals surface area contributed by atoms with Gasteiger partial charge in [0, 0.05) is 36.0 Å². The second-order valence-corrected chi connectivity index (χ2v) is 7.51. The highest BCUT2D eigenvalue weighted by Gasteiger charge is 2.29. The highest BCUT2D eigenvalue weighted by atomic mass is 16.2. The summed E-state index contributed by atoms with van der Waals surface area (Å²) in [7, 11) is 1.95. The van der Waals surface area contributed by atoms with E-state index in [0.29, 0.717) is 5.56 Å². The summed E-state index contributed by atoms with van der Waals surface area (Å²) in [5, 5.41) is 10.3. The van der Waals surface area contributed by atoms with Crippen molar-refractivity contribution in [2.75, 3.05) is 5.32 Å². The van der Waals surface area contributed by atoms with Gasteiger partial charge in [-0.2, -0.15) is 5.10 Å². The molecule has 0 saturated heterocycles. The Morgan fingerprint density at radius 1 is 1.14 bits per heavy atom. The molecule has 0 bridgehead atoms. The summed E-state index contributed by atoms with van der Waals surface area (Å²) in [6, 6.07) is 15.0. The van der Waals surface area contributed by atoms with Gasteiger partial charge in [0.2, 0.25) is 5.91 Å². The van der Waals surface area contributed by atoms with E-state index in [1.807, 2.05) is 61.1 Å². The molecule has 0 fully saturated rings. The van der Waals surface area contributed by atoms with E-state index in [9.17, 15) is 9.59 Å². The van der Waals surface area contributed by atoms with Gasteiger partial charge in [0.05, 0.1) is 18.2 Å². The minimum atomic E-state index is -0.283. The third-order valence-corrected chi connectivity index (χ3v) is 5.55. The Balaban J connectivity index is 1.39. The van der Waals surface area contributed by atoms with Gasteiger partial charge in [-0.05, 0) is 43.2 Å². The van der Waals surface area contributed by atoms with Crippen LogP contribution in [0.1, 0.15) is 50.9 Å². The van der Waals surface area contributed by atoms with Crippen LogP contribution in [0.2, 0.25) is 0 Å². The number of rotatable bonds is 5. The molecule has 29 heavy (non-hydrogen) atoms. The van der Waals surface area contributed by atoms with Gasteiger partial charge < -0.3 is 10.6 Å². The molecular formula is C23H24N4O2. The fourth-order valence-corrected chi connectivity index (χ4v) is 3.86. The first kappa shape index (κ1) is 18.9. The third kappa shape index (κ3) is 3.78. The number of anilines is 1. The monoisotopic (exact) mass is 388 g/mol. The van der Waals surface area contributed by atoms with Gasteiger partial charge in [-0.1, -0.05) is 30.3 Å². The first-order valence-electron chi connectivity index (χ1n) is 9.70. The molecule has 1 aliphatic rings. The molecule has 6 heteroatoms. The Morgan fingerprint density at radius 2 is 1.86 bits per heavy atom. The molecule has 2 N–H and O–H groups in total. The Hall–Kier alpha value is -3.41. The molecule has 0 radical (unpaired) electrons. The Bertz CT molecular complexity index is 1080. The van der Waals surface area contributed by atoms with Crippen LogP contribution in [0, 0.1) is 13.8 Å². The standard InChI is InChI=1S/C23H24N4O2/c1-14-20(15(2)27(3)26-14)12-16-8-10-17(11-9-16)24-22(28)13-21-18-6-4-5-7-19(18)23(29)25-21/h4-11,21H,12-13H2,1-3H3,(H,24,28)(H,25,29)/t21-/m1/s1. The van der Waals surface area contributed by atoms with Crippen LogP contribution in [0.3, 0.4) is 0 Å². The fourth-order valence-electron chi connectivity index (χ4n) is 3.86. The van der Waals surface area contributed by atoms with Gasteiger partial charge in [0.25, 0.3) is 5.91 Å². The maximum atomic E-state index is 12.5. The molecule has 1 atom stereocenters. The van der Waals surface area contributed by atoms with Crippen molar-refractivity contribution >= 4 is 17.5 Å². The van der Waals surface area contributed by atoms with Gasteiger partial charge in [-0.3, -0.25) is 14.3 Å². The van der Waals surface area contributed by atoms with E-state index in [4.69, 9.17) is 0 Å². The summed E-state index contributed by atoms with van der Waals surface area (Å²) in [6.45, 7) is 4.10. The molecule has 0 spiro atoms. The molecule has 148 valence electrons. The zero-order valence-corrected chi connectivity index (χ0v) is 16.8. The number of nitrogens with zero attached hydrogens (tertiary/aromatic N) is 2. The van der Waals surface area contributed by atoms with E-state index in [2.05, 4.69) is 22.7 Å². The van der Waals surface area contributed by atoms with Crippen molar-refractivity contribution < 1.29 is 9.59 Å². The Labute approximate surface area is 169 Å². The molecule has 0 unspecified atom stereocenters. The molecule has 6 nitrogen and oxygen atoms in total. The number of aryl methyl sites for hydroxylation is 2. The summed E-state index contributed by atoms with van der Waals surface area (Å²) in [5.41, 5.74) is 6.89. The predicted molar refractivity (Wildman–Crippen MR) is 112 cm³/mol. The Kier molecular flexibility index (Phi) is 4.92. The first-order valence-corrected chi connectivity index (χ1v) is 9.70. The van der Waals surface area contributed by atoms with Crippen LogP contribution in [0.25, 0.3) is 0 Å². The second-order valence-electron chi connectivity index (χ2n) is 7.51. The first-order chi connectivity index (χ1) is 13.9. The van der Waals surface area contributed by atoms with Crippen molar-refractivity contribution in [2.24, 2.45) is 7.05 Å². The predicted octanol–water partition coefficient (Wildman–Crippen LogP) is 3.44. The zero-order valence-electron chi connectivity index (χ0n) is 16.8. The highest BCUT2D eigenvalue weighted by Crippen LogP contribution is 2.28. The van der Waals surface area contributed by atoms with Gasteiger partial charge in [-0.25, -0.2) is 0 Å². The molecule has 2 amide bonds. The number of fused-ring (bicyclic) bond motifs is 1. The van der Waals surface area contributed by atoms with E-state index in [1.54, 1.807) is 6.07 Å². The molecule has 2 aromatic carbocycles. The van der Waals surface area contributed by atoms with Crippen molar-refractivity contribution in [2.45, 2.75) is 32.7 Å². The number of hydrogen-bond donors (Lipinski definition) is 2. The summed E-state index contributed by atoms with van der Waals surface area (Å²) in [5.74, 6) is -0.248. The van der Waals surface area contributed by atoms with E-state index >= 15 is 0 Å². The van der Waals surface area contributed by atoms with Crippen LogP contribution in [0.4, 0.5) is 5.69 Å². The number of nitrogens with one attached hydrogen (secondary N) is 2. The number of carbonyl (C=O) groups excluding carboxylic acids is 2. The number of amides is 2. The van der Waals surface area contributed by atoms with Crippen molar-refractivity contribution in [3.8, 4) is 0 Å². The average molecular weight is 388 g/mol. The van der Waals surface area contributed by atoms with Crippen LogP contribution in [-0.4, -0.2) is 21.6 Å². The minimum absolute atomic E-state index is 0.122. The van der Waals surface area contributed by atoms with Crippen LogP contribution < -0.4 is 10.6 Å². The number of hydrogen-bond acceptors (Lipinski definition) is 3. The molecule has 1 aromatic heterocycles. The minimum Gasteiger partial charge on any atom is -0.345 e. The maximum absolute atomic E-state index is 12.5. The zero-order chi connectivity index (χ0) is 20.5. The number of benzene rings is 2. The summed E-state index contributed by atoms with van der Waals surface area (Å²) >= 11 is 0. The molecule has 4 rings (SSSR count). The number of aromatic nitrogens is 2. The molecule has 3 aromatic rings. The van der Waals surface area contributed by atoms with Crippen molar-refractivity contribution in [1.82, 2.24) is 15.1 Å². The van der Waals surface area contributed by atoms with Gasteiger partial charge in [0.15, 0.2) is 0 Å². The summed E-state index contributed by atoms with van der Waals surface area (Å²) in [4.78, 5) is 24.5. The topological polar surface area (TPSA) is 76.0 Å². The smallest absolute Gasteiger partial charge is 0.252 e. The van der Waals surface area contributed by atoms with Crippen molar-refractivity contribution in [3.05, 3.63) is 82.2 Å². The normalized spacial score (nSPS) is 15.1. The van der Waals surface area contributed by atoms with Crippen LogP contribution in [0.15, 0.2) is 48.5 Å². The van der Waals surface area contributed by atoms with E-state index in [0.717, 1.165) is 23.4 Å². The van der Waals surface area contributed by atoms with E-state index < -0.39 is 0 Å². The van der Waals surface area contributed by atoms with Crippen molar-refractivity contribution in [3.63, 3.8) is 0 Å². The lowest BCUT2D eigenvalue weighted by atomic mass is 10.0. The Morgan fingerprint density at radius 3 is 2.55 bits per heavy atom. The summed E-state index contributed by atoms with van der Waals surface area (Å²) < 4.78 is 1.90. The molecule has 1 aliphatic heterocycles. The average Bonchev–Trinajstić information content (AvgIpc) is 3.14. The molecular weight excluding hydrogens is 364 g/mol. The molecule has 0 saturated carbocycles. The number of carbonyl (C=O) groups is 2. The molecule has 2 heterocycles. The lowest BCUT2D eigenvalue weighted by Gasteiger charge is -2.12. The summed E-state index contributed by atoms with van der Waals surface area (Å²) in [6.07, 6.45) is 1.02. The van der Waals surface area contributed by atoms with Crippen molar-refractivity contribution in [1.29, 1.82) is 0 Å².